The van der Waals surface area contributed by atoms with Crippen molar-refractivity contribution in [2.24, 2.45) is 11.7 Å². The van der Waals surface area contributed by atoms with Gasteiger partial charge in [0.15, 0.2) is 0 Å². The summed E-state index contributed by atoms with van der Waals surface area (Å²) in [5.41, 5.74) is 8.06. The van der Waals surface area contributed by atoms with Crippen LogP contribution in [0.25, 0.3) is 11.3 Å². The standard InChI is InChI=1S/C31H40N8O4/c1-19(2)27(35-29(41)20(3)33-4)31(43)38-17-23(39-18-25(36-37-39)22-13-9-6-10-14-22)16-26(38)30(42)34-24(28(32)40)15-21-11-7-5-8-12-21/h5-14,18-20,23-24,26-27,33H,15-17H2,1-4H3,(H2,32,40)(H,34,42)(H,35,41)/t20-,23-,24-,26-,27-/m0/s1. The molecule has 3 aromatic rings. The van der Waals surface area contributed by atoms with Crippen molar-refractivity contribution >= 4 is 23.6 Å². The van der Waals surface area contributed by atoms with Crippen molar-refractivity contribution in [2.45, 2.75) is 63.8 Å². The first-order chi connectivity index (χ1) is 20.6. The predicted molar refractivity (Wildman–Crippen MR) is 161 cm³/mol. The van der Waals surface area contributed by atoms with Gasteiger partial charge in [-0.1, -0.05) is 79.7 Å². The van der Waals surface area contributed by atoms with Crippen molar-refractivity contribution in [1.29, 1.82) is 0 Å². The minimum atomic E-state index is -0.973. The largest absolute Gasteiger partial charge is 0.368 e. The number of likely N-dealkylation sites (N-methyl/N-ethyl adjacent to an activating group) is 1. The number of nitrogens with zero attached hydrogens (tertiary/aromatic N) is 4. The molecule has 0 radical (unpaired) electrons. The lowest BCUT2D eigenvalue weighted by Crippen LogP contribution is -2.58. The average Bonchev–Trinajstić information content (AvgIpc) is 3.68. The van der Waals surface area contributed by atoms with E-state index in [0.717, 1.165) is 11.1 Å². The van der Waals surface area contributed by atoms with Gasteiger partial charge in [-0.05, 0) is 25.5 Å². The number of hydrogen-bond donors (Lipinski definition) is 4. The summed E-state index contributed by atoms with van der Waals surface area (Å²) >= 11 is 0. The number of benzene rings is 2. The van der Waals surface area contributed by atoms with Crippen LogP contribution in [0.5, 0.6) is 0 Å². The zero-order valence-electron chi connectivity index (χ0n) is 24.9. The fourth-order valence-corrected chi connectivity index (χ4v) is 5.14. The van der Waals surface area contributed by atoms with Gasteiger partial charge in [0.2, 0.25) is 23.6 Å². The Hall–Kier alpha value is -4.58. The summed E-state index contributed by atoms with van der Waals surface area (Å²) in [6.07, 6.45) is 2.24. The molecule has 0 spiro atoms. The highest BCUT2D eigenvalue weighted by Crippen LogP contribution is 2.30. The minimum absolute atomic E-state index is 0.162. The van der Waals surface area contributed by atoms with Crippen molar-refractivity contribution in [3.63, 3.8) is 0 Å². The molecule has 5 atom stereocenters. The van der Waals surface area contributed by atoms with Crippen LogP contribution >= 0.6 is 0 Å². The lowest BCUT2D eigenvalue weighted by Gasteiger charge is -2.31. The molecule has 1 aromatic heterocycles. The minimum Gasteiger partial charge on any atom is -0.368 e. The summed E-state index contributed by atoms with van der Waals surface area (Å²) in [6.45, 7) is 5.53. The summed E-state index contributed by atoms with van der Waals surface area (Å²) in [7, 11) is 1.66. The van der Waals surface area contributed by atoms with E-state index in [1.165, 1.54) is 4.90 Å². The lowest BCUT2D eigenvalue weighted by molar-refractivity contribution is -0.143. The molecule has 4 amide bonds. The van der Waals surface area contributed by atoms with E-state index in [-0.39, 0.29) is 37.3 Å². The summed E-state index contributed by atoms with van der Waals surface area (Å²) < 4.78 is 1.66. The molecular formula is C31H40N8O4. The second-order valence-electron chi connectivity index (χ2n) is 11.2. The van der Waals surface area contributed by atoms with Crippen molar-refractivity contribution in [2.75, 3.05) is 13.6 Å². The van der Waals surface area contributed by atoms with Gasteiger partial charge >= 0.3 is 0 Å². The Morgan fingerprint density at radius 3 is 2.23 bits per heavy atom. The van der Waals surface area contributed by atoms with Crippen molar-refractivity contribution in [3.8, 4) is 11.3 Å². The number of carbonyl (C=O) groups is 4. The first-order valence-corrected chi connectivity index (χ1v) is 14.5. The Labute approximate surface area is 251 Å². The lowest BCUT2D eigenvalue weighted by atomic mass is 10.0. The van der Waals surface area contributed by atoms with Gasteiger partial charge in [0.1, 0.15) is 23.8 Å². The third kappa shape index (κ3) is 7.63. The fourth-order valence-electron chi connectivity index (χ4n) is 5.14. The topological polar surface area (TPSA) is 164 Å². The zero-order valence-corrected chi connectivity index (χ0v) is 24.9. The molecule has 0 bridgehead atoms. The van der Waals surface area contributed by atoms with Crippen LogP contribution < -0.4 is 21.7 Å². The van der Waals surface area contributed by atoms with Crippen LogP contribution in [-0.2, 0) is 25.6 Å². The maximum atomic E-state index is 14.0. The normalized spacial score (nSPS) is 18.6. The molecule has 43 heavy (non-hydrogen) atoms. The summed E-state index contributed by atoms with van der Waals surface area (Å²) in [6, 6.07) is 15.2. The van der Waals surface area contributed by atoms with Gasteiger partial charge in [0.05, 0.1) is 18.3 Å². The Morgan fingerprint density at radius 2 is 1.63 bits per heavy atom. The van der Waals surface area contributed by atoms with Crippen LogP contribution in [0.3, 0.4) is 0 Å². The number of carbonyl (C=O) groups excluding carboxylic acids is 4. The first-order valence-electron chi connectivity index (χ1n) is 14.5. The molecule has 1 aliphatic heterocycles. The van der Waals surface area contributed by atoms with E-state index in [4.69, 9.17) is 5.73 Å². The molecular weight excluding hydrogens is 548 g/mol. The molecule has 1 fully saturated rings. The van der Waals surface area contributed by atoms with Gasteiger partial charge in [0, 0.05) is 24.9 Å². The van der Waals surface area contributed by atoms with Gasteiger partial charge in [-0.3, -0.25) is 19.2 Å². The van der Waals surface area contributed by atoms with Crippen LogP contribution in [0.4, 0.5) is 0 Å². The SMILES string of the molecule is CN[C@@H](C)C(=O)N[C@H](C(=O)N1C[C@@H](n2cc(-c3ccccc3)nn2)C[C@H]1C(=O)N[C@@H](Cc1ccccc1)C(N)=O)C(C)C. The third-order valence-electron chi connectivity index (χ3n) is 7.82. The molecule has 1 saturated heterocycles. The van der Waals surface area contributed by atoms with E-state index in [1.54, 1.807) is 24.9 Å². The monoisotopic (exact) mass is 588 g/mol. The first kappa shape index (κ1) is 31.4. The number of hydrogen-bond acceptors (Lipinski definition) is 7. The Bertz CT molecular complexity index is 1410. The molecule has 228 valence electrons. The highest BCUT2D eigenvalue weighted by molar-refractivity contribution is 5.95. The second-order valence-corrected chi connectivity index (χ2v) is 11.2. The number of primary amides is 1. The molecule has 2 aromatic carbocycles. The van der Waals surface area contributed by atoms with Gasteiger partial charge in [-0.2, -0.15) is 0 Å². The maximum Gasteiger partial charge on any atom is 0.246 e. The smallest absolute Gasteiger partial charge is 0.246 e. The highest BCUT2D eigenvalue weighted by Gasteiger charge is 2.44. The average molecular weight is 589 g/mol. The molecule has 0 aliphatic carbocycles. The van der Waals surface area contributed by atoms with E-state index in [1.807, 2.05) is 74.5 Å². The number of amides is 4. The Kier molecular flexibility index (Phi) is 10.3. The van der Waals surface area contributed by atoms with Crippen LogP contribution in [-0.4, -0.2) is 81.3 Å². The van der Waals surface area contributed by atoms with Crippen molar-refractivity contribution in [1.82, 2.24) is 35.8 Å². The molecule has 12 heteroatoms. The summed E-state index contributed by atoms with van der Waals surface area (Å²) in [4.78, 5) is 54.4. The van der Waals surface area contributed by atoms with Crippen molar-refractivity contribution < 1.29 is 19.2 Å². The molecule has 2 heterocycles. The molecule has 1 aliphatic rings. The van der Waals surface area contributed by atoms with E-state index in [9.17, 15) is 19.2 Å². The molecule has 12 nitrogen and oxygen atoms in total. The maximum absolute atomic E-state index is 14.0. The molecule has 5 N–H and O–H groups in total. The molecule has 0 saturated carbocycles. The van der Waals surface area contributed by atoms with E-state index in [0.29, 0.717) is 5.69 Å². The fraction of sp³-hybridized carbons (Fsp3) is 0.419. The number of nitrogens with two attached hydrogens (primary N) is 1. The second kappa shape index (κ2) is 14.1. The van der Waals surface area contributed by atoms with E-state index >= 15 is 0 Å². The number of nitrogens with one attached hydrogen (secondary N) is 3. The van der Waals surface area contributed by atoms with Gasteiger partial charge in [-0.25, -0.2) is 4.68 Å². The summed E-state index contributed by atoms with van der Waals surface area (Å²) in [5.74, 6) is -2.16. The van der Waals surface area contributed by atoms with Crippen molar-refractivity contribution in [3.05, 3.63) is 72.4 Å². The quantitative estimate of drug-likeness (QED) is 0.246. The van der Waals surface area contributed by atoms with Gasteiger partial charge in [-0.15, -0.1) is 5.10 Å². The zero-order chi connectivity index (χ0) is 31.1. The molecule has 4 rings (SSSR count). The number of aromatic nitrogens is 3. The van der Waals surface area contributed by atoms with Gasteiger partial charge < -0.3 is 26.6 Å². The predicted octanol–water partition coefficient (Wildman–Crippen LogP) is 1.05. The van der Waals surface area contributed by atoms with E-state index < -0.39 is 41.9 Å². The van der Waals surface area contributed by atoms with Crippen LogP contribution in [0.15, 0.2) is 66.9 Å². The Balaban J connectivity index is 1.61. The van der Waals surface area contributed by atoms with Gasteiger partial charge in [0.25, 0.3) is 0 Å². The highest BCUT2D eigenvalue weighted by atomic mass is 16.2. The van der Waals surface area contributed by atoms with Crippen LogP contribution in [0.1, 0.15) is 38.8 Å². The number of rotatable bonds is 12. The van der Waals surface area contributed by atoms with Crippen LogP contribution in [0, 0.1) is 5.92 Å². The van der Waals surface area contributed by atoms with E-state index in [2.05, 4.69) is 26.3 Å². The summed E-state index contributed by atoms with van der Waals surface area (Å²) in [5, 5.41) is 17.1. The third-order valence-corrected chi connectivity index (χ3v) is 7.82. The van der Waals surface area contributed by atoms with Crippen LogP contribution in [0.2, 0.25) is 0 Å². The number of likely N-dealkylation sites (tertiary alicyclic amines) is 1. The Morgan fingerprint density at radius 1 is 0.977 bits per heavy atom. The molecule has 0 unspecified atom stereocenters.